The van der Waals surface area contributed by atoms with Crippen LogP contribution in [0.2, 0.25) is 0 Å². The number of nitrogen functional groups attached to an aromatic ring is 1. The van der Waals surface area contributed by atoms with Crippen LogP contribution in [0.1, 0.15) is 22.9 Å². The number of hydrogen-bond acceptors (Lipinski definition) is 2. The largest absolute Gasteiger partial charge is 0.397 e. The fraction of sp³-hybridized carbons (Fsp3) is 0.133. The third-order valence-electron chi connectivity index (χ3n) is 3.75. The van der Waals surface area contributed by atoms with E-state index in [1.54, 1.807) is 0 Å². The van der Waals surface area contributed by atoms with Gasteiger partial charge in [-0.1, -0.05) is 30.3 Å². The van der Waals surface area contributed by atoms with E-state index >= 15 is 0 Å². The number of anilines is 1. The van der Waals surface area contributed by atoms with E-state index in [2.05, 4.69) is 34.2 Å². The molecule has 1 atom stereocenters. The number of imidazole rings is 1. The molecule has 3 heteroatoms. The van der Waals surface area contributed by atoms with E-state index in [9.17, 15) is 0 Å². The Labute approximate surface area is 105 Å². The molecule has 3 aromatic rings. The van der Waals surface area contributed by atoms with Crippen molar-refractivity contribution >= 4 is 16.7 Å². The van der Waals surface area contributed by atoms with Gasteiger partial charge in [-0.15, -0.1) is 0 Å². The van der Waals surface area contributed by atoms with E-state index in [0.29, 0.717) is 5.92 Å². The van der Waals surface area contributed by atoms with Crippen molar-refractivity contribution in [1.82, 2.24) is 9.97 Å². The lowest BCUT2D eigenvalue weighted by Crippen LogP contribution is -2.19. The Morgan fingerprint density at radius 1 is 1.11 bits per heavy atom. The molecule has 3 N–H and O–H groups in total. The zero-order chi connectivity index (χ0) is 12.1. The van der Waals surface area contributed by atoms with Gasteiger partial charge in [-0.2, -0.15) is 0 Å². The molecule has 0 saturated carbocycles. The summed E-state index contributed by atoms with van der Waals surface area (Å²) in [7, 11) is 0. The molecule has 1 aliphatic carbocycles. The lowest BCUT2D eigenvalue weighted by atomic mass is 9.77. The van der Waals surface area contributed by atoms with E-state index in [1.165, 1.54) is 11.1 Å². The molecule has 1 heterocycles. The molecule has 3 nitrogen and oxygen atoms in total. The number of fused-ring (bicyclic) bond motifs is 2. The Bertz CT molecular complexity index is 742. The maximum Gasteiger partial charge on any atom is 0.115 e. The molecule has 0 bridgehead atoms. The molecule has 0 spiro atoms. The summed E-state index contributed by atoms with van der Waals surface area (Å²) in [5, 5.41) is 0. The van der Waals surface area contributed by atoms with Gasteiger partial charge in [-0.3, -0.25) is 0 Å². The maximum atomic E-state index is 5.94. The van der Waals surface area contributed by atoms with Gasteiger partial charge in [0.1, 0.15) is 11.3 Å². The van der Waals surface area contributed by atoms with Gasteiger partial charge in [-0.25, -0.2) is 4.98 Å². The van der Waals surface area contributed by atoms with Gasteiger partial charge in [0, 0.05) is 5.92 Å². The molecule has 0 amide bonds. The molecule has 2 aromatic carbocycles. The topological polar surface area (TPSA) is 54.7 Å². The maximum absolute atomic E-state index is 5.94. The standard InChI is InChI=1S/C15H13N3/c16-12-6-3-7-13-14(12)18-15(17-13)11-8-9-4-1-2-5-10(9)11/h1-7,11H,8,16H2,(H,17,18). The Kier molecular flexibility index (Phi) is 1.81. The number of hydrogen-bond donors (Lipinski definition) is 2. The van der Waals surface area contributed by atoms with Gasteiger partial charge in [0.15, 0.2) is 0 Å². The minimum Gasteiger partial charge on any atom is -0.397 e. The second-order valence-electron chi connectivity index (χ2n) is 4.82. The zero-order valence-corrected chi connectivity index (χ0v) is 9.85. The first-order valence-electron chi connectivity index (χ1n) is 6.15. The molecule has 1 aliphatic rings. The summed E-state index contributed by atoms with van der Waals surface area (Å²) in [6.07, 6.45) is 1.07. The molecule has 0 aliphatic heterocycles. The molecule has 0 radical (unpaired) electrons. The average Bonchev–Trinajstić information content (AvgIpc) is 2.76. The minimum absolute atomic E-state index is 0.396. The van der Waals surface area contributed by atoms with Crippen molar-refractivity contribution in [2.75, 3.05) is 5.73 Å². The van der Waals surface area contributed by atoms with Gasteiger partial charge in [0.2, 0.25) is 0 Å². The predicted octanol–water partition coefficient (Wildman–Crippen LogP) is 2.83. The highest BCUT2D eigenvalue weighted by molar-refractivity contribution is 5.87. The van der Waals surface area contributed by atoms with Gasteiger partial charge in [0.05, 0.1) is 11.2 Å². The highest BCUT2D eigenvalue weighted by Gasteiger charge is 2.29. The second-order valence-corrected chi connectivity index (χ2v) is 4.82. The summed E-state index contributed by atoms with van der Waals surface area (Å²) < 4.78 is 0. The first-order chi connectivity index (χ1) is 8.83. The number of rotatable bonds is 1. The van der Waals surface area contributed by atoms with Crippen molar-refractivity contribution < 1.29 is 0 Å². The molecule has 88 valence electrons. The second kappa shape index (κ2) is 3.35. The van der Waals surface area contributed by atoms with Crippen molar-refractivity contribution in [2.24, 2.45) is 0 Å². The van der Waals surface area contributed by atoms with Crippen molar-refractivity contribution in [3.63, 3.8) is 0 Å². The summed E-state index contributed by atoms with van der Waals surface area (Å²) in [5.74, 6) is 1.43. The zero-order valence-electron chi connectivity index (χ0n) is 9.85. The number of para-hydroxylation sites is 1. The molecule has 0 fully saturated rings. The highest BCUT2D eigenvalue weighted by Crippen LogP contribution is 2.39. The van der Waals surface area contributed by atoms with Crippen LogP contribution in [0.3, 0.4) is 0 Å². The summed E-state index contributed by atoms with van der Waals surface area (Å²) in [5.41, 5.74) is 11.4. The van der Waals surface area contributed by atoms with Crippen LogP contribution < -0.4 is 5.73 Å². The van der Waals surface area contributed by atoms with Crippen LogP contribution >= 0.6 is 0 Å². The SMILES string of the molecule is Nc1cccc2[nH]c(C3Cc4ccccc43)nc12. The van der Waals surface area contributed by atoms with Crippen LogP contribution in [-0.2, 0) is 6.42 Å². The van der Waals surface area contributed by atoms with E-state index < -0.39 is 0 Å². The van der Waals surface area contributed by atoms with E-state index in [4.69, 9.17) is 5.73 Å². The lowest BCUT2D eigenvalue weighted by Gasteiger charge is -2.28. The Balaban J connectivity index is 1.84. The molecular weight excluding hydrogens is 222 g/mol. The van der Waals surface area contributed by atoms with E-state index in [0.717, 1.165) is 29.0 Å². The van der Waals surface area contributed by atoms with Gasteiger partial charge < -0.3 is 10.7 Å². The first kappa shape index (κ1) is 9.71. The number of nitrogens with zero attached hydrogens (tertiary/aromatic N) is 1. The Morgan fingerprint density at radius 3 is 2.83 bits per heavy atom. The highest BCUT2D eigenvalue weighted by atomic mass is 14.9. The van der Waals surface area contributed by atoms with Crippen LogP contribution in [0.15, 0.2) is 42.5 Å². The fourth-order valence-corrected chi connectivity index (χ4v) is 2.74. The molecule has 4 rings (SSSR count). The van der Waals surface area contributed by atoms with Gasteiger partial charge >= 0.3 is 0 Å². The summed E-state index contributed by atoms with van der Waals surface area (Å²) in [4.78, 5) is 8.04. The molecular formula is C15H13N3. The van der Waals surface area contributed by atoms with Gasteiger partial charge in [0.25, 0.3) is 0 Å². The molecule has 18 heavy (non-hydrogen) atoms. The summed E-state index contributed by atoms with van der Waals surface area (Å²) in [6, 6.07) is 14.4. The van der Waals surface area contributed by atoms with Crippen LogP contribution in [0.5, 0.6) is 0 Å². The Hall–Kier alpha value is -2.29. The van der Waals surface area contributed by atoms with Crippen molar-refractivity contribution in [2.45, 2.75) is 12.3 Å². The predicted molar refractivity (Wildman–Crippen MR) is 72.5 cm³/mol. The van der Waals surface area contributed by atoms with Crippen molar-refractivity contribution in [3.8, 4) is 0 Å². The van der Waals surface area contributed by atoms with E-state index in [-0.39, 0.29) is 0 Å². The third-order valence-corrected chi connectivity index (χ3v) is 3.75. The smallest absolute Gasteiger partial charge is 0.115 e. The number of benzene rings is 2. The third kappa shape index (κ3) is 1.21. The van der Waals surface area contributed by atoms with Crippen LogP contribution in [0.4, 0.5) is 5.69 Å². The van der Waals surface area contributed by atoms with Crippen molar-refractivity contribution in [1.29, 1.82) is 0 Å². The van der Waals surface area contributed by atoms with Crippen molar-refractivity contribution in [3.05, 3.63) is 59.4 Å². The van der Waals surface area contributed by atoms with Crippen LogP contribution in [0, 0.1) is 0 Å². The first-order valence-corrected chi connectivity index (χ1v) is 6.15. The summed E-state index contributed by atoms with van der Waals surface area (Å²) in [6.45, 7) is 0. The van der Waals surface area contributed by atoms with Gasteiger partial charge in [-0.05, 0) is 29.7 Å². The summed E-state index contributed by atoms with van der Waals surface area (Å²) >= 11 is 0. The normalized spacial score (nSPS) is 17.4. The van der Waals surface area contributed by atoms with Crippen LogP contribution in [0.25, 0.3) is 11.0 Å². The molecule has 0 saturated heterocycles. The molecule has 1 aromatic heterocycles. The fourth-order valence-electron chi connectivity index (χ4n) is 2.74. The number of aromatic amines is 1. The number of aromatic nitrogens is 2. The lowest BCUT2D eigenvalue weighted by molar-refractivity contribution is 0.671. The number of nitrogens with two attached hydrogens (primary N) is 1. The average molecular weight is 235 g/mol. The minimum atomic E-state index is 0.396. The number of H-pyrrole nitrogens is 1. The quantitative estimate of drug-likeness (QED) is 0.637. The Morgan fingerprint density at radius 2 is 2.00 bits per heavy atom. The monoisotopic (exact) mass is 235 g/mol. The van der Waals surface area contributed by atoms with Crippen LogP contribution in [-0.4, -0.2) is 9.97 Å². The molecule has 1 unspecified atom stereocenters. The number of nitrogens with one attached hydrogen (secondary N) is 1. The van der Waals surface area contributed by atoms with E-state index in [1.807, 2.05) is 18.2 Å².